The van der Waals surface area contributed by atoms with Gasteiger partial charge in [-0.15, -0.1) is 0 Å². The van der Waals surface area contributed by atoms with Gasteiger partial charge in [0.05, 0.1) is 12.3 Å². The van der Waals surface area contributed by atoms with Crippen molar-refractivity contribution in [3.8, 4) is 11.5 Å². The van der Waals surface area contributed by atoms with Crippen LogP contribution in [0.5, 0.6) is 0 Å². The monoisotopic (exact) mass is 306 g/mol. The lowest BCUT2D eigenvalue weighted by atomic mass is 10.0. The average molecular weight is 307 g/mol. The van der Waals surface area contributed by atoms with Gasteiger partial charge in [-0.3, -0.25) is 4.90 Å². The second-order valence-electron chi connectivity index (χ2n) is 5.64. The molecule has 0 spiro atoms. The Bertz CT molecular complexity index is 597. The maximum Gasteiger partial charge on any atom is 0.226 e. The average Bonchev–Trinajstić information content (AvgIpc) is 3.07. The number of nitrogens with zero attached hydrogens (tertiary/aromatic N) is 2. The number of halogens is 1. The summed E-state index contributed by atoms with van der Waals surface area (Å²) in [5.41, 5.74) is 1.81. The third-order valence-electron chi connectivity index (χ3n) is 4.19. The summed E-state index contributed by atoms with van der Waals surface area (Å²) < 4.78 is 5.55. The van der Waals surface area contributed by atoms with Crippen LogP contribution in [-0.4, -0.2) is 34.2 Å². The van der Waals surface area contributed by atoms with Crippen LogP contribution in [0.1, 0.15) is 19.0 Å². The van der Waals surface area contributed by atoms with E-state index < -0.39 is 0 Å². The number of hydrogen-bond donors (Lipinski definition) is 1. The highest BCUT2D eigenvalue weighted by molar-refractivity contribution is 6.30. The van der Waals surface area contributed by atoms with Crippen LogP contribution in [0.3, 0.4) is 0 Å². The summed E-state index contributed by atoms with van der Waals surface area (Å²) in [5, 5.41) is 10.2. The van der Waals surface area contributed by atoms with Gasteiger partial charge in [-0.1, -0.05) is 18.5 Å². The van der Waals surface area contributed by atoms with Gasteiger partial charge in [-0.2, -0.15) is 0 Å². The molecular weight excluding hydrogens is 288 g/mol. The van der Waals surface area contributed by atoms with Gasteiger partial charge in [-0.05, 0) is 43.1 Å². The van der Waals surface area contributed by atoms with Crippen LogP contribution < -0.4 is 0 Å². The Morgan fingerprint density at radius 1 is 1.38 bits per heavy atom. The van der Waals surface area contributed by atoms with Crippen molar-refractivity contribution in [1.29, 1.82) is 0 Å². The minimum absolute atomic E-state index is 0.197. The van der Waals surface area contributed by atoms with Crippen LogP contribution in [0.15, 0.2) is 34.9 Å². The standard InChI is InChI=1S/C16H19ClN2O2/c1-11-6-7-19(15(11)9-20)8-14-10-21-16(18-14)12-2-4-13(17)5-3-12/h2-5,10-11,15,20H,6-9H2,1H3. The number of aliphatic hydroxyl groups is 1. The van der Waals surface area contributed by atoms with Crippen LogP contribution in [0.4, 0.5) is 0 Å². The lowest BCUT2D eigenvalue weighted by Gasteiger charge is -2.23. The summed E-state index contributed by atoms with van der Waals surface area (Å²) in [6.45, 7) is 4.09. The number of aliphatic hydroxyl groups excluding tert-OH is 1. The van der Waals surface area contributed by atoms with Gasteiger partial charge >= 0.3 is 0 Å². The number of aromatic nitrogens is 1. The number of benzene rings is 1. The Morgan fingerprint density at radius 3 is 2.86 bits per heavy atom. The molecule has 1 aromatic carbocycles. The van der Waals surface area contributed by atoms with E-state index in [1.54, 1.807) is 6.26 Å². The van der Waals surface area contributed by atoms with Crippen molar-refractivity contribution in [1.82, 2.24) is 9.88 Å². The fourth-order valence-electron chi connectivity index (χ4n) is 2.89. The molecule has 4 nitrogen and oxygen atoms in total. The van der Waals surface area contributed by atoms with Gasteiger partial charge in [0, 0.05) is 23.2 Å². The molecule has 2 aromatic rings. The lowest BCUT2D eigenvalue weighted by Crippen LogP contribution is -2.34. The minimum Gasteiger partial charge on any atom is -0.444 e. The summed E-state index contributed by atoms with van der Waals surface area (Å²) >= 11 is 5.88. The first kappa shape index (κ1) is 14.6. The molecule has 1 aliphatic heterocycles. The van der Waals surface area contributed by atoms with Crippen LogP contribution in [0.25, 0.3) is 11.5 Å². The third-order valence-corrected chi connectivity index (χ3v) is 4.44. The molecule has 1 aromatic heterocycles. The molecule has 0 aliphatic carbocycles. The van der Waals surface area contributed by atoms with Crippen molar-refractivity contribution in [2.24, 2.45) is 5.92 Å². The fourth-order valence-corrected chi connectivity index (χ4v) is 3.02. The third kappa shape index (κ3) is 3.12. The van der Waals surface area contributed by atoms with E-state index in [2.05, 4.69) is 16.8 Å². The molecule has 0 bridgehead atoms. The van der Waals surface area contributed by atoms with E-state index in [-0.39, 0.29) is 12.6 Å². The van der Waals surface area contributed by atoms with E-state index in [9.17, 15) is 5.11 Å². The maximum atomic E-state index is 9.50. The first-order valence-corrected chi connectivity index (χ1v) is 7.60. The molecule has 2 atom stereocenters. The Morgan fingerprint density at radius 2 is 2.14 bits per heavy atom. The van der Waals surface area contributed by atoms with E-state index in [1.165, 1.54) is 0 Å². The molecule has 1 N–H and O–H groups in total. The zero-order valence-electron chi connectivity index (χ0n) is 12.0. The summed E-state index contributed by atoms with van der Waals surface area (Å²) in [6, 6.07) is 7.66. The smallest absolute Gasteiger partial charge is 0.226 e. The SMILES string of the molecule is CC1CCN(Cc2coc(-c3ccc(Cl)cc3)n2)C1CO. The van der Waals surface area contributed by atoms with Gasteiger partial charge in [0.1, 0.15) is 6.26 Å². The number of hydrogen-bond acceptors (Lipinski definition) is 4. The maximum absolute atomic E-state index is 9.50. The highest BCUT2D eigenvalue weighted by Crippen LogP contribution is 2.26. The topological polar surface area (TPSA) is 49.5 Å². The van der Waals surface area contributed by atoms with Crippen molar-refractivity contribution in [3.05, 3.63) is 41.2 Å². The van der Waals surface area contributed by atoms with E-state index in [0.29, 0.717) is 23.4 Å². The highest BCUT2D eigenvalue weighted by Gasteiger charge is 2.30. The second kappa shape index (κ2) is 6.18. The highest BCUT2D eigenvalue weighted by atomic mass is 35.5. The van der Waals surface area contributed by atoms with Crippen LogP contribution in [0.2, 0.25) is 5.02 Å². The molecule has 1 aliphatic rings. The lowest BCUT2D eigenvalue weighted by molar-refractivity contribution is 0.133. The minimum atomic E-state index is 0.197. The predicted molar refractivity (Wildman–Crippen MR) is 82.0 cm³/mol. The van der Waals surface area contributed by atoms with E-state index >= 15 is 0 Å². The largest absolute Gasteiger partial charge is 0.444 e. The molecule has 1 fully saturated rings. The molecule has 0 saturated carbocycles. The Balaban J connectivity index is 1.72. The molecule has 3 rings (SSSR count). The summed E-state index contributed by atoms with van der Waals surface area (Å²) in [4.78, 5) is 6.81. The molecule has 0 amide bonds. The summed E-state index contributed by atoms with van der Waals surface area (Å²) in [6.07, 6.45) is 2.81. The fraction of sp³-hybridized carbons (Fsp3) is 0.438. The number of oxazole rings is 1. The van der Waals surface area contributed by atoms with Crippen molar-refractivity contribution < 1.29 is 9.52 Å². The molecule has 112 valence electrons. The molecule has 0 radical (unpaired) electrons. The molecule has 21 heavy (non-hydrogen) atoms. The molecular formula is C16H19ClN2O2. The number of likely N-dealkylation sites (tertiary alicyclic amines) is 1. The van der Waals surface area contributed by atoms with Crippen molar-refractivity contribution in [2.45, 2.75) is 25.9 Å². The predicted octanol–water partition coefficient (Wildman–Crippen LogP) is 3.20. The molecule has 5 heteroatoms. The van der Waals surface area contributed by atoms with Crippen LogP contribution in [0, 0.1) is 5.92 Å². The Labute approximate surface area is 129 Å². The van der Waals surface area contributed by atoms with Crippen molar-refractivity contribution in [3.63, 3.8) is 0 Å². The van der Waals surface area contributed by atoms with Crippen molar-refractivity contribution >= 4 is 11.6 Å². The molecule has 1 saturated heterocycles. The normalized spacial score (nSPS) is 22.8. The zero-order chi connectivity index (χ0) is 14.8. The summed E-state index contributed by atoms with van der Waals surface area (Å²) in [7, 11) is 0. The van der Waals surface area contributed by atoms with Crippen LogP contribution in [-0.2, 0) is 6.54 Å². The summed E-state index contributed by atoms with van der Waals surface area (Å²) in [5.74, 6) is 1.13. The zero-order valence-corrected chi connectivity index (χ0v) is 12.8. The number of rotatable bonds is 4. The van der Waals surface area contributed by atoms with E-state index in [0.717, 1.165) is 24.2 Å². The van der Waals surface area contributed by atoms with Gasteiger partial charge in [-0.25, -0.2) is 4.98 Å². The quantitative estimate of drug-likeness (QED) is 0.942. The van der Waals surface area contributed by atoms with E-state index in [4.69, 9.17) is 16.0 Å². The van der Waals surface area contributed by atoms with Gasteiger partial charge in [0.15, 0.2) is 0 Å². The van der Waals surface area contributed by atoms with Gasteiger partial charge in [0.25, 0.3) is 0 Å². The molecule has 2 unspecified atom stereocenters. The van der Waals surface area contributed by atoms with Gasteiger partial charge < -0.3 is 9.52 Å². The van der Waals surface area contributed by atoms with Crippen LogP contribution >= 0.6 is 11.6 Å². The first-order chi connectivity index (χ1) is 10.2. The first-order valence-electron chi connectivity index (χ1n) is 7.22. The Kier molecular flexibility index (Phi) is 4.29. The Hall–Kier alpha value is -1.36. The molecule has 2 heterocycles. The van der Waals surface area contributed by atoms with E-state index in [1.807, 2.05) is 24.3 Å². The van der Waals surface area contributed by atoms with Gasteiger partial charge in [0.2, 0.25) is 5.89 Å². The van der Waals surface area contributed by atoms with Crippen molar-refractivity contribution in [2.75, 3.05) is 13.2 Å². The second-order valence-corrected chi connectivity index (χ2v) is 6.07.